The van der Waals surface area contributed by atoms with Crippen LogP contribution in [-0.2, 0) is 13.6 Å². The van der Waals surface area contributed by atoms with Gasteiger partial charge in [-0.1, -0.05) is 66.7 Å². The van der Waals surface area contributed by atoms with Crippen molar-refractivity contribution in [2.75, 3.05) is 32.8 Å². The summed E-state index contributed by atoms with van der Waals surface area (Å²) in [5.74, 6) is 0. The third-order valence-electron chi connectivity index (χ3n) is 3.99. The van der Waals surface area contributed by atoms with Crippen LogP contribution in [0, 0.1) is 0 Å². The van der Waals surface area contributed by atoms with Crippen LogP contribution < -0.4 is 0 Å². The highest BCUT2D eigenvalue weighted by atomic mass is 31.2. The van der Waals surface area contributed by atoms with Crippen molar-refractivity contribution >= 4 is 7.82 Å². The predicted molar refractivity (Wildman–Crippen MR) is 113 cm³/mol. The van der Waals surface area contributed by atoms with E-state index in [1.54, 1.807) is 0 Å². The van der Waals surface area contributed by atoms with E-state index in [-0.39, 0.29) is 13.2 Å². The first-order valence-corrected chi connectivity index (χ1v) is 12.3. The van der Waals surface area contributed by atoms with Crippen molar-refractivity contribution in [1.82, 2.24) is 4.90 Å². The number of nitrogens with zero attached hydrogens (tertiary/aromatic N) is 1. The first kappa shape index (κ1) is 28.3. The molecule has 0 aromatic carbocycles. The predicted octanol–water partition coefficient (Wildman–Crippen LogP) is 6.41. The molecule has 1 N–H and O–H groups in total. The molecule has 0 aliphatic carbocycles. The molecule has 0 atom stereocenters. The lowest BCUT2D eigenvalue weighted by Gasteiger charge is -2.21. The van der Waals surface area contributed by atoms with E-state index in [9.17, 15) is 4.57 Å². The fourth-order valence-electron chi connectivity index (χ4n) is 2.17. The molecule has 0 spiro atoms. The number of hydrogen-bond acceptors (Lipinski definition) is 4. The van der Waals surface area contributed by atoms with Crippen LogP contribution in [0.3, 0.4) is 0 Å². The van der Waals surface area contributed by atoms with Gasteiger partial charge in [0.05, 0.1) is 13.2 Å². The van der Waals surface area contributed by atoms with Gasteiger partial charge in [0.15, 0.2) is 0 Å². The number of phosphoric acid groups is 1. The molecule has 26 heavy (non-hydrogen) atoms. The first-order valence-electron chi connectivity index (χ1n) is 10.8. The lowest BCUT2D eigenvalue weighted by atomic mass is 10.2. The zero-order valence-electron chi connectivity index (χ0n) is 18.2. The topological polar surface area (TPSA) is 59.0 Å². The second kappa shape index (κ2) is 21.4. The van der Waals surface area contributed by atoms with Gasteiger partial charge in [0, 0.05) is 0 Å². The van der Waals surface area contributed by atoms with E-state index in [1.807, 2.05) is 13.8 Å². The molecule has 0 radical (unpaired) electrons. The molecule has 0 saturated carbocycles. The van der Waals surface area contributed by atoms with Crippen LogP contribution in [0.25, 0.3) is 0 Å². The van der Waals surface area contributed by atoms with Crippen molar-refractivity contribution in [3.63, 3.8) is 0 Å². The van der Waals surface area contributed by atoms with Gasteiger partial charge >= 0.3 is 7.82 Å². The second-order valence-corrected chi connectivity index (χ2v) is 8.20. The third kappa shape index (κ3) is 22.1. The molecule has 5 nitrogen and oxygen atoms in total. The Labute approximate surface area is 163 Å². The van der Waals surface area contributed by atoms with E-state index in [1.165, 1.54) is 58.2 Å². The maximum absolute atomic E-state index is 11.1. The molecule has 0 aliphatic rings. The summed E-state index contributed by atoms with van der Waals surface area (Å²) in [4.78, 5) is 11.7. The number of rotatable bonds is 17. The quantitative estimate of drug-likeness (QED) is 0.228. The van der Waals surface area contributed by atoms with Gasteiger partial charge in [0.1, 0.15) is 0 Å². The van der Waals surface area contributed by atoms with Crippen LogP contribution in [0.4, 0.5) is 0 Å². The van der Waals surface area contributed by atoms with E-state index in [4.69, 9.17) is 13.9 Å². The Bertz CT molecular complexity index is 283. The van der Waals surface area contributed by atoms with Gasteiger partial charge in [-0.3, -0.25) is 9.05 Å². The molecular weight excluding hydrogens is 349 g/mol. The Morgan fingerprint density at radius 1 is 0.654 bits per heavy atom. The van der Waals surface area contributed by atoms with Crippen LogP contribution >= 0.6 is 7.82 Å². The van der Waals surface area contributed by atoms with Gasteiger partial charge in [-0.2, -0.15) is 0 Å². The fraction of sp³-hybridized carbons (Fsp3) is 1.00. The standard InChI is InChI=1S/C12H27N.C8H19O4P/c1-4-7-10-13(11-8-5-2)12-9-6-3;1-3-5-7-11-13(9,10)12-8-6-4-2/h4-12H2,1-3H3;3-8H2,1-2H3,(H,9,10). The molecule has 0 amide bonds. The highest BCUT2D eigenvalue weighted by molar-refractivity contribution is 7.47. The van der Waals surface area contributed by atoms with Crippen molar-refractivity contribution in [3.05, 3.63) is 0 Å². The highest BCUT2D eigenvalue weighted by Crippen LogP contribution is 2.43. The maximum Gasteiger partial charge on any atom is 0.472 e. The maximum atomic E-state index is 11.1. The van der Waals surface area contributed by atoms with E-state index < -0.39 is 7.82 Å². The van der Waals surface area contributed by atoms with Crippen molar-refractivity contribution in [2.45, 2.75) is 98.8 Å². The summed E-state index contributed by atoms with van der Waals surface area (Å²) < 4.78 is 20.5. The van der Waals surface area contributed by atoms with Gasteiger partial charge in [-0.25, -0.2) is 4.57 Å². The van der Waals surface area contributed by atoms with E-state index >= 15 is 0 Å². The van der Waals surface area contributed by atoms with Crippen molar-refractivity contribution in [1.29, 1.82) is 0 Å². The Hall–Kier alpha value is 0.0700. The Kier molecular flexibility index (Phi) is 23.2. The molecule has 160 valence electrons. The summed E-state index contributed by atoms with van der Waals surface area (Å²) in [6.07, 6.45) is 11.5. The molecule has 0 aliphatic heterocycles. The van der Waals surface area contributed by atoms with E-state index in [2.05, 4.69) is 25.7 Å². The van der Waals surface area contributed by atoms with Gasteiger partial charge in [0.2, 0.25) is 0 Å². The highest BCUT2D eigenvalue weighted by Gasteiger charge is 2.19. The minimum Gasteiger partial charge on any atom is -0.303 e. The fourth-order valence-corrected chi connectivity index (χ4v) is 2.96. The average molecular weight is 396 g/mol. The van der Waals surface area contributed by atoms with Crippen LogP contribution in [-0.4, -0.2) is 42.6 Å². The van der Waals surface area contributed by atoms with Crippen LogP contribution in [0.15, 0.2) is 0 Å². The van der Waals surface area contributed by atoms with Crippen molar-refractivity contribution in [3.8, 4) is 0 Å². The summed E-state index contributed by atoms with van der Waals surface area (Å²) in [5.41, 5.74) is 0. The van der Waals surface area contributed by atoms with Gasteiger partial charge < -0.3 is 9.79 Å². The molecule has 0 aromatic heterocycles. The third-order valence-corrected chi connectivity index (χ3v) is 5.01. The molecular formula is C20H46NO4P. The lowest BCUT2D eigenvalue weighted by Crippen LogP contribution is -2.27. The minimum atomic E-state index is -3.75. The average Bonchev–Trinajstić information content (AvgIpc) is 2.62. The largest absolute Gasteiger partial charge is 0.472 e. The summed E-state index contributed by atoms with van der Waals surface area (Å²) >= 11 is 0. The minimum absolute atomic E-state index is 0.288. The summed E-state index contributed by atoms with van der Waals surface area (Å²) in [5, 5.41) is 0. The molecule has 0 fully saturated rings. The summed E-state index contributed by atoms with van der Waals surface area (Å²) in [7, 11) is -3.75. The SMILES string of the molecule is CCCCN(CCCC)CCCC.CCCCOP(=O)(O)OCCCC. The second-order valence-electron chi connectivity index (χ2n) is 6.74. The normalized spacial score (nSPS) is 11.5. The smallest absolute Gasteiger partial charge is 0.303 e. The van der Waals surface area contributed by atoms with Crippen LogP contribution in [0.2, 0.25) is 0 Å². The van der Waals surface area contributed by atoms with Gasteiger partial charge in [-0.15, -0.1) is 0 Å². The van der Waals surface area contributed by atoms with Crippen molar-refractivity contribution in [2.24, 2.45) is 0 Å². The monoisotopic (exact) mass is 395 g/mol. The summed E-state index contributed by atoms with van der Waals surface area (Å²) in [6.45, 7) is 15.3. The van der Waals surface area contributed by atoms with Gasteiger partial charge in [-0.05, 0) is 51.7 Å². The number of unbranched alkanes of at least 4 members (excludes halogenated alkanes) is 5. The zero-order valence-corrected chi connectivity index (χ0v) is 19.1. The molecule has 0 rings (SSSR count). The Balaban J connectivity index is 0. The van der Waals surface area contributed by atoms with E-state index in [0.717, 1.165) is 25.7 Å². The molecule has 0 bridgehead atoms. The van der Waals surface area contributed by atoms with Crippen LogP contribution in [0.1, 0.15) is 98.8 Å². The first-order chi connectivity index (χ1) is 12.5. The molecule has 0 aromatic rings. The lowest BCUT2D eigenvalue weighted by molar-refractivity contribution is 0.146. The van der Waals surface area contributed by atoms with Gasteiger partial charge in [0.25, 0.3) is 0 Å². The molecule has 0 saturated heterocycles. The van der Waals surface area contributed by atoms with E-state index in [0.29, 0.717) is 0 Å². The van der Waals surface area contributed by atoms with Crippen molar-refractivity contribution < 1.29 is 18.5 Å². The number of hydrogen-bond donors (Lipinski definition) is 1. The molecule has 6 heteroatoms. The zero-order chi connectivity index (χ0) is 20.1. The molecule has 0 unspecified atom stereocenters. The Morgan fingerprint density at radius 3 is 1.23 bits per heavy atom. The number of phosphoric ester groups is 1. The van der Waals surface area contributed by atoms with Crippen LogP contribution in [0.5, 0.6) is 0 Å². The Morgan fingerprint density at radius 2 is 0.962 bits per heavy atom. The summed E-state index contributed by atoms with van der Waals surface area (Å²) in [6, 6.07) is 0. The molecule has 0 heterocycles.